The van der Waals surface area contributed by atoms with Crippen molar-refractivity contribution in [3.05, 3.63) is 0 Å². The fourth-order valence-electron chi connectivity index (χ4n) is 4.30. The van der Waals surface area contributed by atoms with Gasteiger partial charge in [-0.25, -0.2) is 0 Å². The third kappa shape index (κ3) is 1.54. The van der Waals surface area contributed by atoms with Gasteiger partial charge in [0.05, 0.1) is 5.60 Å². The SMILES string of the molecule is CC(=O)[C@H]1C[C@H]2[C@@H](C)C[C@]1(O)CC2(C)C. The molecule has 3 aliphatic carbocycles. The predicted molar refractivity (Wildman–Crippen MR) is 59.4 cm³/mol. The summed E-state index contributed by atoms with van der Waals surface area (Å²) < 4.78 is 0. The number of ketones is 1. The Morgan fingerprint density at radius 1 is 1.40 bits per heavy atom. The maximum Gasteiger partial charge on any atom is 0.135 e. The number of hydrogen-bond acceptors (Lipinski definition) is 2. The highest BCUT2D eigenvalue weighted by atomic mass is 16.3. The van der Waals surface area contributed by atoms with E-state index in [4.69, 9.17) is 0 Å². The van der Waals surface area contributed by atoms with Gasteiger partial charge in [0.25, 0.3) is 0 Å². The lowest BCUT2D eigenvalue weighted by molar-refractivity contribution is -0.182. The van der Waals surface area contributed by atoms with Crippen LogP contribution in [0.3, 0.4) is 0 Å². The normalized spacial score (nSPS) is 47.9. The lowest BCUT2D eigenvalue weighted by Gasteiger charge is -2.59. The molecule has 0 aromatic rings. The second-order valence-corrected chi connectivity index (χ2v) is 6.46. The molecule has 1 N–H and O–H groups in total. The van der Waals surface area contributed by atoms with Gasteiger partial charge in [0.15, 0.2) is 0 Å². The van der Waals surface area contributed by atoms with Crippen LogP contribution >= 0.6 is 0 Å². The summed E-state index contributed by atoms with van der Waals surface area (Å²) in [6.07, 6.45) is 2.49. The molecular weight excluding hydrogens is 188 g/mol. The summed E-state index contributed by atoms with van der Waals surface area (Å²) in [5.41, 5.74) is -0.526. The molecule has 2 bridgehead atoms. The molecule has 2 heteroatoms. The van der Waals surface area contributed by atoms with Crippen molar-refractivity contribution in [2.75, 3.05) is 0 Å². The topological polar surface area (TPSA) is 37.3 Å². The number of carbonyl (C=O) groups is 1. The first kappa shape index (κ1) is 11.1. The van der Waals surface area contributed by atoms with Gasteiger partial charge in [-0.3, -0.25) is 4.79 Å². The van der Waals surface area contributed by atoms with Crippen molar-refractivity contribution in [3.63, 3.8) is 0 Å². The first-order chi connectivity index (χ1) is 6.76. The maximum atomic E-state index is 11.6. The van der Waals surface area contributed by atoms with Gasteiger partial charge < -0.3 is 5.11 Å². The summed E-state index contributed by atoms with van der Waals surface area (Å²) in [5, 5.41) is 10.6. The second kappa shape index (κ2) is 3.07. The molecule has 0 radical (unpaired) electrons. The Morgan fingerprint density at radius 2 is 2.00 bits per heavy atom. The summed E-state index contributed by atoms with van der Waals surface area (Å²) in [5.74, 6) is 1.21. The average Bonchev–Trinajstić information content (AvgIpc) is 1.97. The van der Waals surface area contributed by atoms with Crippen molar-refractivity contribution < 1.29 is 9.90 Å². The molecule has 3 rings (SSSR count). The Labute approximate surface area is 92.1 Å². The van der Waals surface area contributed by atoms with E-state index in [1.54, 1.807) is 6.92 Å². The number of aliphatic hydroxyl groups is 1. The summed E-state index contributed by atoms with van der Waals surface area (Å²) in [7, 11) is 0. The zero-order valence-corrected chi connectivity index (χ0v) is 10.2. The molecule has 3 saturated carbocycles. The van der Waals surface area contributed by atoms with Crippen molar-refractivity contribution in [2.45, 2.75) is 52.6 Å². The van der Waals surface area contributed by atoms with Gasteiger partial charge in [0.2, 0.25) is 0 Å². The van der Waals surface area contributed by atoms with Gasteiger partial charge in [-0.15, -0.1) is 0 Å². The smallest absolute Gasteiger partial charge is 0.135 e. The summed E-state index contributed by atoms with van der Waals surface area (Å²) in [6.45, 7) is 8.30. The van der Waals surface area contributed by atoms with E-state index in [-0.39, 0.29) is 17.1 Å². The van der Waals surface area contributed by atoms with Crippen LogP contribution in [0.2, 0.25) is 0 Å². The number of carbonyl (C=O) groups excluding carboxylic acids is 1. The molecule has 0 aromatic heterocycles. The van der Waals surface area contributed by atoms with E-state index in [1.807, 2.05) is 0 Å². The minimum absolute atomic E-state index is 0.105. The van der Waals surface area contributed by atoms with Crippen LogP contribution in [-0.4, -0.2) is 16.5 Å². The Kier molecular flexibility index (Phi) is 2.27. The number of Topliss-reactive ketones (excluding diaryl/α,β-unsaturated/α-hetero) is 1. The second-order valence-electron chi connectivity index (χ2n) is 6.46. The molecular formula is C13H22O2. The van der Waals surface area contributed by atoms with Crippen LogP contribution in [-0.2, 0) is 4.79 Å². The quantitative estimate of drug-likeness (QED) is 0.721. The van der Waals surface area contributed by atoms with E-state index in [0.29, 0.717) is 11.8 Å². The lowest BCUT2D eigenvalue weighted by atomic mass is 9.48. The van der Waals surface area contributed by atoms with Crippen LogP contribution in [0, 0.1) is 23.2 Å². The highest BCUT2D eigenvalue weighted by Gasteiger charge is 2.58. The molecule has 0 saturated heterocycles. The Morgan fingerprint density at radius 3 is 2.40 bits per heavy atom. The Hall–Kier alpha value is -0.370. The van der Waals surface area contributed by atoms with Crippen molar-refractivity contribution in [3.8, 4) is 0 Å². The summed E-state index contributed by atoms with van der Waals surface area (Å²) in [6, 6.07) is 0. The molecule has 0 unspecified atom stereocenters. The third-order valence-corrected chi connectivity index (χ3v) is 4.76. The van der Waals surface area contributed by atoms with E-state index in [9.17, 15) is 9.90 Å². The molecule has 0 amide bonds. The molecule has 15 heavy (non-hydrogen) atoms. The average molecular weight is 210 g/mol. The van der Waals surface area contributed by atoms with Crippen LogP contribution in [0.15, 0.2) is 0 Å². The fraction of sp³-hybridized carbons (Fsp3) is 0.923. The minimum Gasteiger partial charge on any atom is -0.389 e. The largest absolute Gasteiger partial charge is 0.389 e. The third-order valence-electron chi connectivity index (χ3n) is 4.76. The van der Waals surface area contributed by atoms with Crippen molar-refractivity contribution in [1.29, 1.82) is 0 Å². The van der Waals surface area contributed by atoms with Crippen molar-refractivity contribution in [2.24, 2.45) is 23.2 Å². The summed E-state index contributed by atoms with van der Waals surface area (Å²) in [4.78, 5) is 11.6. The van der Waals surface area contributed by atoms with E-state index in [0.717, 1.165) is 19.3 Å². The molecule has 0 aromatic carbocycles. The van der Waals surface area contributed by atoms with Crippen LogP contribution in [0.25, 0.3) is 0 Å². The van der Waals surface area contributed by atoms with E-state index in [1.165, 1.54) is 0 Å². The fourth-order valence-corrected chi connectivity index (χ4v) is 4.30. The van der Waals surface area contributed by atoms with Crippen molar-refractivity contribution >= 4 is 5.78 Å². The molecule has 3 aliphatic rings. The molecule has 3 fully saturated rings. The lowest BCUT2D eigenvalue weighted by Crippen LogP contribution is -2.59. The van der Waals surface area contributed by atoms with E-state index < -0.39 is 5.60 Å². The van der Waals surface area contributed by atoms with E-state index in [2.05, 4.69) is 20.8 Å². The molecule has 0 spiro atoms. The van der Waals surface area contributed by atoms with Crippen LogP contribution in [0.1, 0.15) is 47.0 Å². The Bertz CT molecular complexity index is 295. The predicted octanol–water partition coefficient (Wildman–Crippen LogP) is 2.40. The van der Waals surface area contributed by atoms with Crippen LogP contribution < -0.4 is 0 Å². The van der Waals surface area contributed by atoms with Crippen LogP contribution in [0.4, 0.5) is 0 Å². The molecule has 2 nitrogen and oxygen atoms in total. The summed E-state index contributed by atoms with van der Waals surface area (Å²) >= 11 is 0. The molecule has 0 aliphatic heterocycles. The minimum atomic E-state index is -0.719. The van der Waals surface area contributed by atoms with Crippen molar-refractivity contribution in [1.82, 2.24) is 0 Å². The van der Waals surface area contributed by atoms with E-state index >= 15 is 0 Å². The number of fused-ring (bicyclic) bond motifs is 3. The Balaban J connectivity index is 2.34. The number of rotatable bonds is 1. The van der Waals surface area contributed by atoms with Gasteiger partial charge in [0, 0.05) is 5.92 Å². The van der Waals surface area contributed by atoms with Gasteiger partial charge in [0.1, 0.15) is 5.78 Å². The first-order valence-corrected chi connectivity index (χ1v) is 5.99. The molecule has 0 heterocycles. The van der Waals surface area contributed by atoms with Gasteiger partial charge in [-0.1, -0.05) is 20.8 Å². The monoisotopic (exact) mass is 210 g/mol. The first-order valence-electron chi connectivity index (χ1n) is 5.99. The highest BCUT2D eigenvalue weighted by Crippen LogP contribution is 2.58. The van der Waals surface area contributed by atoms with Gasteiger partial charge >= 0.3 is 0 Å². The highest BCUT2D eigenvalue weighted by molar-refractivity contribution is 5.80. The maximum absolute atomic E-state index is 11.6. The molecule has 4 atom stereocenters. The molecule has 86 valence electrons. The standard InChI is InChI=1S/C13H22O2/c1-8-6-13(15)7-12(3,4)10(8)5-11(13)9(2)14/h8,10-11,15H,5-7H2,1-4H3/t8-,10-,11+,13-/m0/s1. The number of hydrogen-bond donors (Lipinski definition) is 1. The zero-order chi connectivity index (χ0) is 11.4. The van der Waals surface area contributed by atoms with Gasteiger partial charge in [-0.2, -0.15) is 0 Å². The zero-order valence-electron chi connectivity index (χ0n) is 10.2. The van der Waals surface area contributed by atoms with Crippen LogP contribution in [0.5, 0.6) is 0 Å². The van der Waals surface area contributed by atoms with Gasteiger partial charge in [-0.05, 0) is 43.4 Å².